The molecule has 1 aliphatic carbocycles. The van der Waals surface area contributed by atoms with Gasteiger partial charge in [0.25, 0.3) is 0 Å². The molecule has 1 heterocycles. The lowest BCUT2D eigenvalue weighted by Gasteiger charge is -2.44. The third kappa shape index (κ3) is 6.77. The average Bonchev–Trinajstić information content (AvgIpc) is 2.87. The van der Waals surface area contributed by atoms with Crippen molar-refractivity contribution in [2.75, 3.05) is 19.0 Å². The molecule has 0 spiro atoms. The van der Waals surface area contributed by atoms with Crippen molar-refractivity contribution in [2.45, 2.75) is 97.8 Å². The maximum Gasteiger partial charge on any atom is 0.410 e. The van der Waals surface area contributed by atoms with E-state index in [4.69, 9.17) is 9.47 Å². The molecule has 1 saturated heterocycles. The van der Waals surface area contributed by atoms with E-state index in [0.717, 1.165) is 18.9 Å². The maximum absolute atomic E-state index is 12.3. The molecule has 1 N–H and O–H groups in total. The average molecular weight is 444 g/mol. The molecule has 5 nitrogen and oxygen atoms in total. The Morgan fingerprint density at radius 3 is 2.37 bits per heavy atom. The van der Waals surface area contributed by atoms with Gasteiger partial charge in [-0.15, -0.1) is 11.8 Å². The number of fused-ring (bicyclic) bond motifs is 1. The largest absolute Gasteiger partial charge is 0.449 e. The van der Waals surface area contributed by atoms with E-state index < -0.39 is 5.44 Å². The Labute approximate surface area is 188 Å². The molecule has 0 radical (unpaired) electrons. The van der Waals surface area contributed by atoms with Crippen LogP contribution in [0.15, 0.2) is 0 Å². The Hall–Kier alpha value is -0.460. The molecule has 3 unspecified atom stereocenters. The Bertz CT molecular complexity index is 521. The monoisotopic (exact) mass is 443 g/mol. The first-order valence-corrected chi connectivity index (χ1v) is 13.0. The van der Waals surface area contributed by atoms with E-state index in [-0.39, 0.29) is 24.1 Å². The van der Waals surface area contributed by atoms with Crippen LogP contribution in [0.3, 0.4) is 0 Å². The summed E-state index contributed by atoms with van der Waals surface area (Å²) in [6.07, 6.45) is 4.91. The van der Waals surface area contributed by atoms with Crippen LogP contribution in [0.2, 0.25) is 0 Å². The highest BCUT2D eigenvalue weighted by Gasteiger charge is 2.42. The van der Waals surface area contributed by atoms with Gasteiger partial charge in [-0.05, 0) is 83.5 Å². The van der Waals surface area contributed by atoms with Gasteiger partial charge in [-0.3, -0.25) is 0 Å². The lowest BCUT2D eigenvalue weighted by Crippen LogP contribution is -2.42. The topological polar surface area (TPSA) is 59.0 Å². The van der Waals surface area contributed by atoms with E-state index in [9.17, 15) is 9.90 Å². The summed E-state index contributed by atoms with van der Waals surface area (Å²) in [4.78, 5) is 14.1. The van der Waals surface area contributed by atoms with E-state index >= 15 is 0 Å². The normalized spacial score (nSPS) is 31.7. The zero-order valence-corrected chi connectivity index (χ0v) is 21.0. The lowest BCUT2D eigenvalue weighted by molar-refractivity contribution is -0.0202. The number of nitrogens with zero attached hydrogens (tertiary/aromatic N) is 1. The van der Waals surface area contributed by atoms with Crippen LogP contribution in [-0.2, 0) is 9.47 Å². The molecule has 7 atom stereocenters. The molecule has 1 amide bonds. The Kier molecular flexibility index (Phi) is 10.3. The molecular weight excluding hydrogens is 398 g/mol. The van der Waals surface area contributed by atoms with Gasteiger partial charge >= 0.3 is 6.09 Å². The van der Waals surface area contributed by atoms with Crippen molar-refractivity contribution in [1.29, 1.82) is 0 Å². The Morgan fingerprint density at radius 2 is 1.73 bits per heavy atom. The van der Waals surface area contributed by atoms with Crippen LogP contribution in [0.1, 0.15) is 74.1 Å². The molecule has 0 aromatic heterocycles. The Balaban J connectivity index is 1.83. The highest BCUT2D eigenvalue weighted by Crippen LogP contribution is 2.47. The van der Waals surface area contributed by atoms with Crippen LogP contribution >= 0.6 is 11.8 Å². The van der Waals surface area contributed by atoms with E-state index in [0.29, 0.717) is 36.2 Å². The molecule has 2 fully saturated rings. The Morgan fingerprint density at radius 1 is 1.07 bits per heavy atom. The van der Waals surface area contributed by atoms with Crippen molar-refractivity contribution < 1.29 is 19.4 Å². The number of carbonyl (C=O) groups is 1. The highest BCUT2D eigenvalue weighted by molar-refractivity contribution is 7.99. The molecule has 6 heteroatoms. The summed E-state index contributed by atoms with van der Waals surface area (Å²) < 4.78 is 11.6. The van der Waals surface area contributed by atoms with Crippen molar-refractivity contribution in [3.63, 3.8) is 0 Å². The number of carbonyl (C=O) groups excluding carboxylic acids is 1. The second kappa shape index (κ2) is 12.0. The summed E-state index contributed by atoms with van der Waals surface area (Å²) >= 11 is 1.51. The van der Waals surface area contributed by atoms with Crippen molar-refractivity contribution in [3.05, 3.63) is 0 Å². The number of hydrogen-bond donors (Lipinski definition) is 1. The minimum Gasteiger partial charge on any atom is -0.449 e. The van der Waals surface area contributed by atoms with Crippen LogP contribution in [0, 0.1) is 29.6 Å². The summed E-state index contributed by atoms with van der Waals surface area (Å²) in [6, 6.07) is 0.226. The van der Waals surface area contributed by atoms with Crippen molar-refractivity contribution in [1.82, 2.24) is 4.90 Å². The summed E-state index contributed by atoms with van der Waals surface area (Å²) in [5.41, 5.74) is -0.435. The summed E-state index contributed by atoms with van der Waals surface area (Å²) in [7, 11) is 0. The van der Waals surface area contributed by atoms with Gasteiger partial charge in [-0.2, -0.15) is 0 Å². The van der Waals surface area contributed by atoms with Gasteiger partial charge in [0.15, 0.2) is 0 Å². The van der Waals surface area contributed by atoms with Gasteiger partial charge in [-0.1, -0.05) is 20.3 Å². The number of amides is 1. The summed E-state index contributed by atoms with van der Waals surface area (Å²) in [5.74, 6) is 3.34. The summed E-state index contributed by atoms with van der Waals surface area (Å²) in [5, 5.41) is 10.9. The van der Waals surface area contributed by atoms with Crippen LogP contribution in [0.4, 0.5) is 4.79 Å². The van der Waals surface area contributed by atoms with Crippen LogP contribution in [-0.4, -0.2) is 58.7 Å². The van der Waals surface area contributed by atoms with Crippen molar-refractivity contribution in [3.8, 4) is 0 Å². The molecule has 0 aromatic rings. The minimum atomic E-state index is -0.435. The molecule has 2 rings (SSSR count). The van der Waals surface area contributed by atoms with E-state index in [1.165, 1.54) is 31.0 Å². The van der Waals surface area contributed by atoms with E-state index in [1.807, 2.05) is 27.7 Å². The highest BCUT2D eigenvalue weighted by atomic mass is 32.2. The zero-order valence-electron chi connectivity index (χ0n) is 20.2. The summed E-state index contributed by atoms with van der Waals surface area (Å²) in [6.45, 7) is 15.9. The molecular formula is C24H45NO4S. The smallest absolute Gasteiger partial charge is 0.410 e. The van der Waals surface area contributed by atoms with Gasteiger partial charge in [0.1, 0.15) is 12.0 Å². The predicted molar refractivity (Wildman–Crippen MR) is 125 cm³/mol. The van der Waals surface area contributed by atoms with Gasteiger partial charge in [0.05, 0.1) is 12.7 Å². The number of thioether (sulfide) groups is 1. The molecule has 1 saturated carbocycles. The molecule has 2 aliphatic rings. The molecule has 30 heavy (non-hydrogen) atoms. The van der Waals surface area contributed by atoms with Crippen LogP contribution in [0.5, 0.6) is 0 Å². The van der Waals surface area contributed by atoms with Gasteiger partial charge in [0.2, 0.25) is 0 Å². The first-order chi connectivity index (χ1) is 14.1. The third-order valence-corrected chi connectivity index (χ3v) is 8.49. The van der Waals surface area contributed by atoms with Crippen LogP contribution in [0.25, 0.3) is 0 Å². The maximum atomic E-state index is 12.3. The SMILES string of the molecule is CC1CC[C@@H]2C(CO1)[C@H](C(C)[C@@H](O)SCCOC(=O)N(C(C)C)C(C)C)CC[C@H]2C. The first kappa shape index (κ1) is 25.8. The predicted octanol–water partition coefficient (Wildman–Crippen LogP) is 5.41. The minimum absolute atomic E-state index is 0.113. The second-order valence-corrected chi connectivity index (χ2v) is 11.3. The standard InChI is InChI=1S/C24H45NO4S/c1-15(2)25(16(3)4)24(27)28-12-13-30-23(26)19(7)21-10-8-17(5)20-11-9-18(6)29-14-22(20)21/h15-23,26H,8-14H2,1-7H3/t17-,18?,19?,20+,21+,22?,23+/m1/s1. The fourth-order valence-electron chi connectivity index (χ4n) is 5.56. The zero-order chi connectivity index (χ0) is 22.4. The number of hydrogen-bond acceptors (Lipinski definition) is 5. The number of ether oxygens (including phenoxy) is 2. The van der Waals surface area contributed by atoms with Gasteiger partial charge < -0.3 is 19.5 Å². The molecule has 0 aromatic carbocycles. The number of aliphatic hydroxyl groups is 1. The molecule has 176 valence electrons. The molecule has 0 bridgehead atoms. The van der Waals surface area contributed by atoms with E-state index in [1.54, 1.807) is 4.90 Å². The number of aliphatic hydroxyl groups excluding tert-OH is 1. The van der Waals surface area contributed by atoms with E-state index in [2.05, 4.69) is 20.8 Å². The fraction of sp³-hybridized carbons (Fsp3) is 0.958. The first-order valence-electron chi connectivity index (χ1n) is 12.0. The second-order valence-electron chi connectivity index (χ2n) is 10.1. The third-order valence-electron chi connectivity index (χ3n) is 7.31. The molecule has 1 aliphatic heterocycles. The van der Waals surface area contributed by atoms with Gasteiger partial charge in [0, 0.05) is 17.8 Å². The lowest BCUT2D eigenvalue weighted by atomic mass is 9.63. The van der Waals surface area contributed by atoms with Crippen LogP contribution < -0.4 is 0 Å². The van der Waals surface area contributed by atoms with Crippen molar-refractivity contribution >= 4 is 17.9 Å². The fourth-order valence-corrected chi connectivity index (χ4v) is 6.49. The van der Waals surface area contributed by atoms with Crippen molar-refractivity contribution in [2.24, 2.45) is 29.6 Å². The number of rotatable bonds is 8. The quantitative estimate of drug-likeness (QED) is 0.402. The van der Waals surface area contributed by atoms with Gasteiger partial charge in [-0.25, -0.2) is 4.79 Å².